The summed E-state index contributed by atoms with van der Waals surface area (Å²) in [5.41, 5.74) is 0.328. The Morgan fingerprint density at radius 2 is 1.92 bits per heavy atom. The molecule has 132 valence electrons. The summed E-state index contributed by atoms with van der Waals surface area (Å²) in [6.45, 7) is 6.67. The molecule has 0 bridgehead atoms. The first kappa shape index (κ1) is 18.6. The summed E-state index contributed by atoms with van der Waals surface area (Å²) in [5, 5.41) is 2.98. The maximum Gasteiger partial charge on any atom is 0.410 e. The lowest BCUT2D eigenvalue weighted by Crippen LogP contribution is -2.43. The van der Waals surface area contributed by atoms with Gasteiger partial charge in [-0.2, -0.15) is 0 Å². The summed E-state index contributed by atoms with van der Waals surface area (Å²) >= 11 is 1.64. The topological polar surface area (TPSA) is 58.6 Å². The number of carbonyl (C=O) groups is 2. The number of rotatable bonds is 3. The summed E-state index contributed by atoms with van der Waals surface area (Å²) in [6, 6.07) is 7.82. The van der Waals surface area contributed by atoms with Gasteiger partial charge in [0, 0.05) is 29.6 Å². The molecule has 1 aromatic carbocycles. The van der Waals surface area contributed by atoms with Crippen molar-refractivity contribution in [1.29, 1.82) is 0 Å². The lowest BCUT2D eigenvalue weighted by molar-refractivity contribution is -0.121. The Balaban J connectivity index is 1.85. The van der Waals surface area contributed by atoms with E-state index in [9.17, 15) is 9.59 Å². The summed E-state index contributed by atoms with van der Waals surface area (Å²) < 4.78 is 5.38. The van der Waals surface area contributed by atoms with Gasteiger partial charge in [-0.25, -0.2) is 4.79 Å². The number of piperidine rings is 1. The lowest BCUT2D eigenvalue weighted by Gasteiger charge is -2.32. The maximum absolute atomic E-state index is 12.4. The normalized spacial score (nSPS) is 15.9. The zero-order chi connectivity index (χ0) is 17.7. The highest BCUT2D eigenvalue weighted by Gasteiger charge is 2.29. The van der Waals surface area contributed by atoms with Crippen LogP contribution in [-0.4, -0.2) is 41.8 Å². The molecule has 1 aliphatic heterocycles. The van der Waals surface area contributed by atoms with Crippen LogP contribution in [0, 0.1) is 5.92 Å². The number of carbonyl (C=O) groups excluding carboxylic acids is 2. The number of thioether (sulfide) groups is 1. The molecule has 0 spiro atoms. The minimum absolute atomic E-state index is 0.0251. The Bertz CT molecular complexity index is 590. The molecule has 2 rings (SSSR count). The maximum atomic E-state index is 12.4. The van der Waals surface area contributed by atoms with Crippen molar-refractivity contribution in [3.05, 3.63) is 24.3 Å². The molecular formula is C18H26N2O3S. The molecule has 0 aromatic heterocycles. The van der Waals surface area contributed by atoms with Crippen molar-refractivity contribution in [2.24, 2.45) is 5.92 Å². The third-order valence-electron chi connectivity index (χ3n) is 3.85. The second-order valence-corrected chi connectivity index (χ2v) is 7.84. The number of nitrogens with zero attached hydrogens (tertiary/aromatic N) is 1. The SMILES string of the molecule is CSc1cccc(NC(=O)C2CCN(C(=O)OC(C)(C)C)CC2)c1. The number of ether oxygens (including phenoxy) is 1. The van der Waals surface area contributed by atoms with E-state index in [1.807, 2.05) is 51.3 Å². The standard InChI is InChI=1S/C18H26N2O3S/c1-18(2,3)23-17(22)20-10-8-13(9-11-20)16(21)19-14-6-5-7-15(12-14)24-4/h5-7,12-13H,8-11H2,1-4H3,(H,19,21). The largest absolute Gasteiger partial charge is 0.444 e. The predicted molar refractivity (Wildman–Crippen MR) is 97.4 cm³/mol. The molecule has 0 saturated carbocycles. The fourth-order valence-corrected chi connectivity index (χ4v) is 3.06. The van der Waals surface area contributed by atoms with Crippen LogP contribution in [0.5, 0.6) is 0 Å². The molecule has 1 heterocycles. The van der Waals surface area contributed by atoms with E-state index in [-0.39, 0.29) is 17.9 Å². The second-order valence-electron chi connectivity index (χ2n) is 6.96. The van der Waals surface area contributed by atoms with Crippen molar-refractivity contribution < 1.29 is 14.3 Å². The molecule has 2 amide bonds. The lowest BCUT2D eigenvalue weighted by atomic mass is 9.96. The van der Waals surface area contributed by atoms with Crippen LogP contribution in [0.3, 0.4) is 0 Å². The first-order valence-electron chi connectivity index (χ1n) is 8.21. The van der Waals surface area contributed by atoms with Crippen LogP contribution in [0.1, 0.15) is 33.6 Å². The first-order chi connectivity index (χ1) is 11.3. The van der Waals surface area contributed by atoms with E-state index in [1.165, 1.54) is 0 Å². The highest BCUT2D eigenvalue weighted by Crippen LogP contribution is 2.23. The quantitative estimate of drug-likeness (QED) is 0.837. The van der Waals surface area contributed by atoms with Crippen LogP contribution in [0.4, 0.5) is 10.5 Å². The van der Waals surface area contributed by atoms with Gasteiger partial charge < -0.3 is 15.0 Å². The van der Waals surface area contributed by atoms with Crippen LogP contribution in [-0.2, 0) is 9.53 Å². The molecule has 0 unspecified atom stereocenters. The summed E-state index contributed by atoms with van der Waals surface area (Å²) in [5.74, 6) is -0.0429. The molecule has 5 nitrogen and oxygen atoms in total. The number of anilines is 1. The van der Waals surface area contributed by atoms with Crippen molar-refractivity contribution in [2.45, 2.75) is 44.1 Å². The zero-order valence-corrected chi connectivity index (χ0v) is 15.6. The van der Waals surface area contributed by atoms with Crippen LogP contribution in [0.15, 0.2) is 29.2 Å². The van der Waals surface area contributed by atoms with Gasteiger partial charge >= 0.3 is 6.09 Å². The zero-order valence-electron chi connectivity index (χ0n) is 14.8. The van der Waals surface area contributed by atoms with Gasteiger partial charge in [0.1, 0.15) is 5.60 Å². The minimum Gasteiger partial charge on any atom is -0.444 e. The van der Waals surface area contributed by atoms with Gasteiger partial charge in [0.2, 0.25) is 5.91 Å². The Kier molecular flexibility index (Phi) is 6.15. The molecule has 1 N–H and O–H groups in total. The van der Waals surface area contributed by atoms with E-state index in [0.717, 1.165) is 10.6 Å². The van der Waals surface area contributed by atoms with Crippen molar-refractivity contribution in [3.63, 3.8) is 0 Å². The number of amides is 2. The average molecular weight is 350 g/mol. The molecule has 24 heavy (non-hydrogen) atoms. The summed E-state index contributed by atoms with van der Waals surface area (Å²) in [4.78, 5) is 27.3. The molecule has 1 aliphatic rings. The molecule has 1 saturated heterocycles. The van der Waals surface area contributed by atoms with Crippen molar-refractivity contribution in [2.75, 3.05) is 24.7 Å². The van der Waals surface area contributed by atoms with Crippen LogP contribution < -0.4 is 5.32 Å². The monoisotopic (exact) mass is 350 g/mol. The molecule has 1 aromatic rings. The van der Waals surface area contributed by atoms with Gasteiger partial charge in [-0.05, 0) is 58.1 Å². The number of nitrogens with one attached hydrogen (secondary N) is 1. The van der Waals surface area contributed by atoms with Gasteiger partial charge in [0.05, 0.1) is 0 Å². The fourth-order valence-electron chi connectivity index (χ4n) is 2.60. The predicted octanol–water partition coefficient (Wildman–Crippen LogP) is 3.99. The summed E-state index contributed by atoms with van der Waals surface area (Å²) in [6.07, 6.45) is 3.03. The number of hydrogen-bond donors (Lipinski definition) is 1. The molecule has 1 fully saturated rings. The van der Waals surface area contributed by atoms with Crippen molar-refractivity contribution in [3.8, 4) is 0 Å². The van der Waals surface area contributed by atoms with Crippen molar-refractivity contribution in [1.82, 2.24) is 4.90 Å². The smallest absolute Gasteiger partial charge is 0.410 e. The first-order valence-corrected chi connectivity index (χ1v) is 9.44. The van der Waals surface area contributed by atoms with Gasteiger partial charge in [-0.3, -0.25) is 4.79 Å². The average Bonchev–Trinajstić information content (AvgIpc) is 2.53. The fraction of sp³-hybridized carbons (Fsp3) is 0.556. The Labute approximate surface area is 148 Å². The van der Waals surface area contributed by atoms with E-state index >= 15 is 0 Å². The number of hydrogen-bond acceptors (Lipinski definition) is 4. The molecule has 0 aliphatic carbocycles. The third kappa shape index (κ3) is 5.44. The van der Waals surface area contributed by atoms with Gasteiger partial charge in [-0.15, -0.1) is 11.8 Å². The van der Waals surface area contributed by atoms with E-state index in [1.54, 1.807) is 16.7 Å². The van der Waals surface area contributed by atoms with E-state index in [2.05, 4.69) is 5.32 Å². The molecule has 6 heteroatoms. The van der Waals surface area contributed by atoms with Crippen LogP contribution >= 0.6 is 11.8 Å². The van der Waals surface area contributed by atoms with E-state index in [0.29, 0.717) is 25.9 Å². The Hall–Kier alpha value is -1.69. The summed E-state index contributed by atoms with van der Waals surface area (Å²) in [7, 11) is 0. The van der Waals surface area contributed by atoms with E-state index in [4.69, 9.17) is 4.74 Å². The minimum atomic E-state index is -0.492. The molecule has 0 atom stereocenters. The number of likely N-dealkylation sites (tertiary alicyclic amines) is 1. The number of benzene rings is 1. The Morgan fingerprint density at radius 1 is 1.25 bits per heavy atom. The molecular weight excluding hydrogens is 324 g/mol. The van der Waals surface area contributed by atoms with Gasteiger partial charge in [0.15, 0.2) is 0 Å². The highest BCUT2D eigenvalue weighted by molar-refractivity contribution is 7.98. The van der Waals surface area contributed by atoms with Gasteiger partial charge in [0.25, 0.3) is 0 Å². The Morgan fingerprint density at radius 3 is 2.50 bits per heavy atom. The van der Waals surface area contributed by atoms with Crippen molar-refractivity contribution >= 4 is 29.4 Å². The van der Waals surface area contributed by atoms with Crippen LogP contribution in [0.2, 0.25) is 0 Å². The highest BCUT2D eigenvalue weighted by atomic mass is 32.2. The van der Waals surface area contributed by atoms with E-state index < -0.39 is 5.60 Å². The second kappa shape index (κ2) is 7.92. The van der Waals surface area contributed by atoms with Gasteiger partial charge in [-0.1, -0.05) is 6.07 Å². The molecule has 0 radical (unpaired) electrons. The third-order valence-corrected chi connectivity index (χ3v) is 4.58. The van der Waals surface area contributed by atoms with Crippen LogP contribution in [0.25, 0.3) is 0 Å².